The van der Waals surface area contributed by atoms with E-state index in [1.165, 1.54) is 31.3 Å². The molecule has 1 aliphatic carbocycles. The molecule has 0 spiro atoms. The molecule has 2 rings (SSSR count). The van der Waals surface area contributed by atoms with E-state index in [2.05, 4.69) is 5.11 Å². The molecule has 2 atom stereocenters. The van der Waals surface area contributed by atoms with E-state index in [0.717, 1.165) is 4.90 Å². The lowest BCUT2D eigenvalue weighted by atomic mass is 9.71. The van der Waals surface area contributed by atoms with Gasteiger partial charge in [0.2, 0.25) is 0 Å². The van der Waals surface area contributed by atoms with E-state index in [4.69, 9.17) is 9.66 Å². The van der Waals surface area contributed by atoms with Crippen molar-refractivity contribution in [1.29, 1.82) is 1.43 Å². The van der Waals surface area contributed by atoms with Crippen molar-refractivity contribution in [2.24, 2.45) is 5.89 Å². The molecule has 2 N–H and O–H groups in total. The summed E-state index contributed by atoms with van der Waals surface area (Å²) in [7, 11) is 1.33. The zero-order valence-electron chi connectivity index (χ0n) is 17.4. The van der Waals surface area contributed by atoms with Crippen LogP contribution in [0.1, 0.15) is 39.4 Å². The maximum atomic E-state index is 11.4. The van der Waals surface area contributed by atoms with Crippen molar-refractivity contribution in [1.82, 2.24) is 4.90 Å². The SMILES string of the molecule is [2H]Oc1cccc([C@]2(O)C([2H])([2H])CCC[C@@]2([2H])CN(C)C([2H])([2H])[2H])c1. The van der Waals surface area contributed by atoms with E-state index in [9.17, 15) is 5.11 Å². The van der Waals surface area contributed by atoms with Crippen LogP contribution in [0.5, 0.6) is 5.75 Å². The number of hydrogen-bond acceptors (Lipinski definition) is 3. The molecule has 0 bridgehead atoms. The predicted octanol–water partition coefficient (Wildman–Crippen LogP) is 2.33. The minimum atomic E-state index is -2.45. The van der Waals surface area contributed by atoms with Gasteiger partial charge < -0.3 is 15.1 Å². The smallest absolute Gasteiger partial charge is 0.293 e. The van der Waals surface area contributed by atoms with Crippen LogP contribution in [0.4, 0.5) is 0 Å². The first-order valence-electron chi connectivity index (χ1n) is 9.46. The van der Waals surface area contributed by atoms with Gasteiger partial charge in [-0.15, -0.1) is 0 Å². The van der Waals surface area contributed by atoms with E-state index in [-0.39, 0.29) is 30.7 Å². The van der Waals surface area contributed by atoms with Crippen molar-refractivity contribution in [3.8, 4) is 5.75 Å². The van der Waals surface area contributed by atoms with Crippen molar-refractivity contribution >= 4 is 0 Å². The Labute approximate surface area is 119 Å². The molecule has 0 aliphatic heterocycles. The van der Waals surface area contributed by atoms with Gasteiger partial charge in [0.05, 0.1) is 5.60 Å². The molecule has 18 heavy (non-hydrogen) atoms. The lowest BCUT2D eigenvalue weighted by molar-refractivity contribution is -0.0619. The number of rotatable bonds is 4. The molecule has 1 aliphatic rings. The standard InChI is InChI=1S/C15H23NO2/c1-16(2)11-13-6-3-4-9-15(13,18)12-7-5-8-14(17)10-12/h5,7-8,10,13,17-18H,3-4,6,9,11H2,1-2H3/t13-,15+/m0/s1/i1D3,9D2,13D/hD. The molecule has 1 fully saturated rings. The number of benzene rings is 1. The summed E-state index contributed by atoms with van der Waals surface area (Å²) in [5.74, 6) is -1.67. The summed E-state index contributed by atoms with van der Waals surface area (Å²) in [6, 6.07) is 5.80. The summed E-state index contributed by atoms with van der Waals surface area (Å²) < 4.78 is 55.0. The molecule has 3 heteroatoms. The molecule has 100 valence electrons. The topological polar surface area (TPSA) is 43.7 Å². The van der Waals surface area contributed by atoms with Crippen LogP contribution in [0.2, 0.25) is 0 Å². The van der Waals surface area contributed by atoms with E-state index >= 15 is 0 Å². The van der Waals surface area contributed by atoms with Crippen molar-refractivity contribution in [3.63, 3.8) is 0 Å². The molecule has 3 nitrogen and oxygen atoms in total. The van der Waals surface area contributed by atoms with Crippen molar-refractivity contribution in [2.45, 2.75) is 31.2 Å². The number of aliphatic hydroxyl groups is 1. The van der Waals surface area contributed by atoms with E-state index in [1.807, 2.05) is 0 Å². The number of hydrogen-bond donors (Lipinski definition) is 2. The second-order valence-electron chi connectivity index (χ2n) is 4.73. The van der Waals surface area contributed by atoms with Gasteiger partial charge in [0.15, 0.2) is 0 Å². The van der Waals surface area contributed by atoms with Crippen molar-refractivity contribution in [3.05, 3.63) is 29.8 Å². The van der Waals surface area contributed by atoms with Crippen LogP contribution in [0.15, 0.2) is 24.3 Å². The maximum Gasteiger partial charge on any atom is 0.293 e. The van der Waals surface area contributed by atoms with E-state index < -0.39 is 24.8 Å². The summed E-state index contributed by atoms with van der Waals surface area (Å²) in [5, 5.41) is 15.9. The minimum absolute atomic E-state index is 0.0492. The Bertz CT molecular complexity index is 624. The lowest BCUT2D eigenvalue weighted by Gasteiger charge is -2.41. The van der Waals surface area contributed by atoms with Gasteiger partial charge in [-0.3, -0.25) is 0 Å². The molecular formula is C15H23NO2. The molecule has 0 saturated heterocycles. The summed E-state index contributed by atoms with van der Waals surface area (Å²) in [6.45, 7) is -2.78. The molecule has 0 radical (unpaired) electrons. The largest absolute Gasteiger partial charge is 0.508 e. The summed E-state index contributed by atoms with van der Waals surface area (Å²) >= 11 is 0. The van der Waals surface area contributed by atoms with Gasteiger partial charge in [-0.05, 0) is 44.5 Å². The lowest BCUT2D eigenvalue weighted by Crippen LogP contribution is -2.43. The average Bonchev–Trinajstić information content (AvgIpc) is 2.51. The molecule has 1 aromatic rings. The van der Waals surface area contributed by atoms with Crippen LogP contribution >= 0.6 is 0 Å². The Morgan fingerprint density at radius 1 is 1.67 bits per heavy atom. The number of phenolic OH excluding ortho intramolecular Hbond substituents is 1. The summed E-state index contributed by atoms with van der Waals surface area (Å²) in [5.41, 5.74) is -2.14. The Morgan fingerprint density at radius 3 is 3.33 bits per heavy atom. The monoisotopic (exact) mass is 256 g/mol. The first-order valence-corrected chi connectivity index (χ1v) is 6.05. The highest BCUT2D eigenvalue weighted by atomic mass is 16.3. The Balaban J connectivity index is 2.56. The van der Waals surface area contributed by atoms with Gasteiger partial charge in [-0.25, -0.2) is 0 Å². The van der Waals surface area contributed by atoms with Gasteiger partial charge >= 0.3 is 0 Å². The van der Waals surface area contributed by atoms with Crippen LogP contribution in [0.3, 0.4) is 0 Å². The van der Waals surface area contributed by atoms with Crippen molar-refractivity contribution in [2.75, 3.05) is 20.6 Å². The molecular weight excluding hydrogens is 226 g/mol. The third-order valence-corrected chi connectivity index (χ3v) is 3.23. The third kappa shape index (κ3) is 2.68. The molecule has 0 heterocycles. The minimum Gasteiger partial charge on any atom is -0.508 e. The van der Waals surface area contributed by atoms with Gasteiger partial charge in [-0.1, -0.05) is 25.0 Å². The van der Waals surface area contributed by atoms with Crippen LogP contribution in [0, 0.1) is 5.89 Å². The van der Waals surface area contributed by atoms with E-state index in [0.29, 0.717) is 6.42 Å². The second-order valence-corrected chi connectivity index (χ2v) is 4.73. The normalized spacial score (nSPS) is 41.6. The van der Waals surface area contributed by atoms with E-state index in [1.54, 1.807) is 0 Å². The van der Waals surface area contributed by atoms with Crippen LogP contribution < -0.4 is 0 Å². The van der Waals surface area contributed by atoms with Crippen LogP contribution in [-0.4, -0.2) is 37.1 Å². The molecule has 0 amide bonds. The zero-order chi connectivity index (χ0) is 19.1. The van der Waals surface area contributed by atoms with Gasteiger partial charge in [0.1, 0.15) is 5.75 Å². The quantitative estimate of drug-likeness (QED) is 0.869. The van der Waals surface area contributed by atoms with Gasteiger partial charge in [0, 0.05) is 20.7 Å². The molecule has 1 aromatic carbocycles. The summed E-state index contributed by atoms with van der Waals surface area (Å²) in [6.07, 6.45) is -1.57. The molecule has 1 saturated carbocycles. The first kappa shape index (κ1) is 6.92. The summed E-state index contributed by atoms with van der Waals surface area (Å²) in [4.78, 5) is 0.983. The van der Waals surface area contributed by atoms with Gasteiger partial charge in [-0.2, -0.15) is 0 Å². The average molecular weight is 256 g/mol. The Hall–Kier alpha value is -1.06. The predicted molar refractivity (Wildman–Crippen MR) is 72.5 cm³/mol. The Kier molecular flexibility index (Phi) is 2.03. The zero-order valence-corrected chi connectivity index (χ0v) is 10.4. The highest BCUT2D eigenvalue weighted by Gasteiger charge is 2.40. The first-order chi connectivity index (χ1) is 11.4. The van der Waals surface area contributed by atoms with Crippen LogP contribution in [0.25, 0.3) is 0 Å². The fourth-order valence-corrected chi connectivity index (χ4v) is 2.38. The van der Waals surface area contributed by atoms with Crippen LogP contribution in [-0.2, 0) is 5.60 Å². The van der Waals surface area contributed by atoms with Gasteiger partial charge in [0.25, 0.3) is 1.43 Å². The molecule has 0 aromatic heterocycles. The number of phenols is 1. The second kappa shape index (κ2) is 5.29. The molecule has 0 unspecified atom stereocenters. The number of aromatic hydroxyl groups is 1. The number of nitrogens with zero attached hydrogens (tertiary/aromatic N) is 1. The maximum absolute atomic E-state index is 11.4. The fourth-order valence-electron chi connectivity index (χ4n) is 2.38. The highest BCUT2D eigenvalue weighted by molar-refractivity contribution is 5.32. The fraction of sp³-hybridized carbons (Fsp3) is 0.600. The highest BCUT2D eigenvalue weighted by Crippen LogP contribution is 2.42. The Morgan fingerprint density at radius 2 is 2.56 bits per heavy atom. The third-order valence-electron chi connectivity index (χ3n) is 3.23. The van der Waals surface area contributed by atoms with Crippen molar-refractivity contribution < 1.29 is 18.4 Å².